The highest BCUT2D eigenvalue weighted by Gasteiger charge is 2.33. The molecule has 26 heavy (non-hydrogen) atoms. The Kier molecular flexibility index (Phi) is 7.15. The van der Waals surface area contributed by atoms with Crippen LogP contribution in [-0.2, 0) is 4.79 Å². The summed E-state index contributed by atoms with van der Waals surface area (Å²) < 4.78 is 0. The van der Waals surface area contributed by atoms with Crippen LogP contribution in [0.4, 0.5) is 0 Å². The molecule has 1 saturated carbocycles. The molecule has 0 unspecified atom stereocenters. The van der Waals surface area contributed by atoms with Crippen molar-refractivity contribution in [2.45, 2.75) is 84.3 Å². The predicted octanol–water partition coefficient (Wildman–Crippen LogP) is 3.26. The Balaban J connectivity index is 1.39. The third-order valence-corrected chi connectivity index (χ3v) is 7.28. The fourth-order valence-electron chi connectivity index (χ4n) is 5.43. The second-order valence-electron chi connectivity index (χ2n) is 9.50. The number of likely N-dealkylation sites (tertiary alicyclic amines) is 1. The van der Waals surface area contributed by atoms with Gasteiger partial charge in [0, 0.05) is 56.1 Å². The lowest BCUT2D eigenvalue weighted by molar-refractivity contribution is -0.127. The van der Waals surface area contributed by atoms with Gasteiger partial charge in [-0.05, 0) is 65.5 Å². The van der Waals surface area contributed by atoms with Crippen LogP contribution in [0.3, 0.4) is 0 Å². The molecule has 3 aliphatic rings. The Bertz CT molecular complexity index is 440. The minimum atomic E-state index is 0.212. The molecule has 150 valence electrons. The van der Waals surface area contributed by atoms with Crippen LogP contribution in [0.2, 0.25) is 0 Å². The van der Waals surface area contributed by atoms with E-state index in [0.29, 0.717) is 17.7 Å². The third kappa shape index (κ3) is 4.88. The quantitative estimate of drug-likeness (QED) is 0.749. The molecule has 0 amide bonds. The first kappa shape index (κ1) is 20.3. The van der Waals surface area contributed by atoms with Gasteiger partial charge in [0.1, 0.15) is 5.78 Å². The molecule has 1 aliphatic carbocycles. The number of hydrogen-bond acceptors (Lipinski definition) is 4. The molecule has 4 nitrogen and oxygen atoms in total. The summed E-state index contributed by atoms with van der Waals surface area (Å²) >= 11 is 0. The maximum atomic E-state index is 12.2. The molecule has 2 aliphatic heterocycles. The van der Waals surface area contributed by atoms with Crippen molar-refractivity contribution in [3.05, 3.63) is 0 Å². The minimum absolute atomic E-state index is 0.212. The van der Waals surface area contributed by atoms with Gasteiger partial charge in [-0.2, -0.15) is 0 Å². The van der Waals surface area contributed by atoms with E-state index in [2.05, 4.69) is 42.4 Å². The summed E-state index contributed by atoms with van der Waals surface area (Å²) in [5.74, 6) is 1.06. The van der Waals surface area contributed by atoms with Gasteiger partial charge in [-0.3, -0.25) is 14.6 Å². The molecule has 0 atom stereocenters. The van der Waals surface area contributed by atoms with Gasteiger partial charge in [-0.1, -0.05) is 13.8 Å². The SMILES string of the molecule is CC(C)C(=O)[C@H]1CC[C@@H](N2CCC(N3CCN(C(C)C)CC3)CC2)CC1. The lowest BCUT2D eigenvalue weighted by Gasteiger charge is -2.46. The van der Waals surface area contributed by atoms with Crippen molar-refractivity contribution in [2.75, 3.05) is 39.3 Å². The van der Waals surface area contributed by atoms with Gasteiger partial charge >= 0.3 is 0 Å². The van der Waals surface area contributed by atoms with Gasteiger partial charge in [0.15, 0.2) is 0 Å². The number of nitrogens with zero attached hydrogens (tertiary/aromatic N) is 3. The van der Waals surface area contributed by atoms with Crippen LogP contribution in [-0.4, -0.2) is 77.9 Å². The van der Waals surface area contributed by atoms with Gasteiger partial charge < -0.3 is 4.90 Å². The topological polar surface area (TPSA) is 26.8 Å². The average Bonchev–Trinajstić information content (AvgIpc) is 2.67. The summed E-state index contributed by atoms with van der Waals surface area (Å²) in [6.45, 7) is 16.3. The Morgan fingerprint density at radius 1 is 0.692 bits per heavy atom. The zero-order valence-corrected chi connectivity index (χ0v) is 17.6. The average molecular weight is 364 g/mol. The zero-order valence-electron chi connectivity index (χ0n) is 17.6. The molecule has 0 aromatic heterocycles. The molecule has 2 heterocycles. The monoisotopic (exact) mass is 363 g/mol. The number of carbonyl (C=O) groups excluding carboxylic acids is 1. The fourth-order valence-corrected chi connectivity index (χ4v) is 5.43. The molecule has 0 radical (unpaired) electrons. The molecule has 3 fully saturated rings. The van der Waals surface area contributed by atoms with E-state index in [1.165, 1.54) is 65.0 Å². The Hall–Kier alpha value is -0.450. The second kappa shape index (κ2) is 9.16. The fraction of sp³-hybridized carbons (Fsp3) is 0.955. The minimum Gasteiger partial charge on any atom is -0.300 e. The van der Waals surface area contributed by atoms with E-state index in [-0.39, 0.29) is 5.92 Å². The highest BCUT2D eigenvalue weighted by Crippen LogP contribution is 2.32. The van der Waals surface area contributed by atoms with Crippen LogP contribution in [0, 0.1) is 11.8 Å². The largest absolute Gasteiger partial charge is 0.300 e. The van der Waals surface area contributed by atoms with E-state index in [1.54, 1.807) is 0 Å². The number of carbonyl (C=O) groups is 1. The van der Waals surface area contributed by atoms with Crippen LogP contribution < -0.4 is 0 Å². The van der Waals surface area contributed by atoms with Crippen molar-refractivity contribution in [1.82, 2.24) is 14.7 Å². The summed E-state index contributed by atoms with van der Waals surface area (Å²) in [5.41, 5.74) is 0. The number of ketones is 1. The van der Waals surface area contributed by atoms with Crippen molar-refractivity contribution in [1.29, 1.82) is 0 Å². The van der Waals surface area contributed by atoms with Crippen LogP contribution in [0.5, 0.6) is 0 Å². The molecule has 0 aromatic carbocycles. The molecule has 0 bridgehead atoms. The molecule has 0 N–H and O–H groups in total. The van der Waals surface area contributed by atoms with E-state index in [0.717, 1.165) is 24.9 Å². The highest BCUT2D eigenvalue weighted by molar-refractivity contribution is 5.82. The number of Topliss-reactive ketones (excluding diaryl/α,β-unsaturated/α-hetero) is 1. The van der Waals surface area contributed by atoms with Crippen LogP contribution in [0.15, 0.2) is 0 Å². The van der Waals surface area contributed by atoms with Gasteiger partial charge in [0.05, 0.1) is 0 Å². The van der Waals surface area contributed by atoms with E-state index in [4.69, 9.17) is 0 Å². The van der Waals surface area contributed by atoms with E-state index in [9.17, 15) is 4.79 Å². The lowest BCUT2D eigenvalue weighted by Crippen LogP contribution is -2.55. The second-order valence-corrected chi connectivity index (χ2v) is 9.50. The zero-order chi connectivity index (χ0) is 18.7. The Labute approximate surface area is 161 Å². The summed E-state index contributed by atoms with van der Waals surface area (Å²) in [6.07, 6.45) is 7.40. The van der Waals surface area contributed by atoms with Crippen LogP contribution in [0.1, 0.15) is 66.2 Å². The van der Waals surface area contributed by atoms with Crippen molar-refractivity contribution in [3.8, 4) is 0 Å². The predicted molar refractivity (Wildman–Crippen MR) is 108 cm³/mol. The van der Waals surface area contributed by atoms with Crippen molar-refractivity contribution >= 4 is 5.78 Å². The summed E-state index contributed by atoms with van der Waals surface area (Å²) in [7, 11) is 0. The van der Waals surface area contributed by atoms with E-state index >= 15 is 0 Å². The van der Waals surface area contributed by atoms with E-state index in [1.807, 2.05) is 0 Å². The maximum Gasteiger partial charge on any atom is 0.138 e. The van der Waals surface area contributed by atoms with Gasteiger partial charge in [-0.15, -0.1) is 0 Å². The smallest absolute Gasteiger partial charge is 0.138 e. The van der Waals surface area contributed by atoms with Gasteiger partial charge in [0.25, 0.3) is 0 Å². The third-order valence-electron chi connectivity index (χ3n) is 7.28. The standard InChI is InChI=1S/C22H41N3O/c1-17(2)22(26)19-5-7-20(8-6-19)24-11-9-21(10-12-24)25-15-13-23(14-16-25)18(3)4/h17-21H,5-16H2,1-4H3/t19-,20+. The van der Waals surface area contributed by atoms with E-state index < -0.39 is 0 Å². The summed E-state index contributed by atoms with van der Waals surface area (Å²) in [5, 5.41) is 0. The van der Waals surface area contributed by atoms with Crippen molar-refractivity contribution in [3.63, 3.8) is 0 Å². The summed E-state index contributed by atoms with van der Waals surface area (Å²) in [6, 6.07) is 2.24. The van der Waals surface area contributed by atoms with Gasteiger partial charge in [-0.25, -0.2) is 0 Å². The normalized spacial score (nSPS) is 31.0. The van der Waals surface area contributed by atoms with Crippen molar-refractivity contribution < 1.29 is 4.79 Å². The van der Waals surface area contributed by atoms with Crippen LogP contribution in [0.25, 0.3) is 0 Å². The molecule has 4 heteroatoms. The molecule has 0 spiro atoms. The molecule has 2 saturated heterocycles. The molecule has 3 rings (SSSR count). The highest BCUT2D eigenvalue weighted by atomic mass is 16.1. The first-order valence-electron chi connectivity index (χ1n) is 11.2. The lowest BCUT2D eigenvalue weighted by atomic mass is 9.79. The number of piperidine rings is 1. The molecule has 0 aromatic rings. The van der Waals surface area contributed by atoms with Crippen molar-refractivity contribution in [2.24, 2.45) is 11.8 Å². The maximum absolute atomic E-state index is 12.2. The molecular formula is C22H41N3O. The number of hydrogen-bond donors (Lipinski definition) is 0. The van der Waals surface area contributed by atoms with Crippen LogP contribution >= 0.6 is 0 Å². The Morgan fingerprint density at radius 2 is 1.19 bits per heavy atom. The number of rotatable bonds is 5. The Morgan fingerprint density at radius 3 is 1.69 bits per heavy atom. The van der Waals surface area contributed by atoms with Gasteiger partial charge in [0.2, 0.25) is 0 Å². The first-order valence-corrected chi connectivity index (χ1v) is 11.2. The first-order chi connectivity index (χ1) is 12.5. The molecular weight excluding hydrogens is 322 g/mol. The number of piperazine rings is 1. The summed E-state index contributed by atoms with van der Waals surface area (Å²) in [4.78, 5) is 20.4.